The summed E-state index contributed by atoms with van der Waals surface area (Å²) in [4.78, 5) is 10.4. The molecule has 0 aromatic heterocycles. The van der Waals surface area contributed by atoms with Crippen LogP contribution in [0.3, 0.4) is 0 Å². The lowest BCUT2D eigenvalue weighted by Gasteiger charge is -2.11. The quantitative estimate of drug-likeness (QED) is 0.569. The second-order valence-electron chi connectivity index (χ2n) is 3.82. The first kappa shape index (κ1) is 14.1. The summed E-state index contributed by atoms with van der Waals surface area (Å²) in [5.74, 6) is 0.479. The van der Waals surface area contributed by atoms with Gasteiger partial charge in [-0.25, -0.2) is 0 Å². The molecule has 1 aromatic carbocycles. The van der Waals surface area contributed by atoms with Crippen molar-refractivity contribution in [2.24, 2.45) is 0 Å². The number of hydrogen-bond donors (Lipinski definition) is 1. The monoisotopic (exact) mass is 250 g/mol. The van der Waals surface area contributed by atoms with Crippen LogP contribution in [0.25, 0.3) is 0 Å². The largest absolute Gasteiger partial charge is 0.493 e. The molecule has 0 bridgehead atoms. The number of aliphatic carboxylic acids is 1. The Balaban J connectivity index is 2.59. The maximum absolute atomic E-state index is 10.4. The summed E-state index contributed by atoms with van der Waals surface area (Å²) in [5, 5.41) is 8.52. The summed E-state index contributed by atoms with van der Waals surface area (Å²) in [6.45, 7) is 4.05. The van der Waals surface area contributed by atoms with Crippen molar-refractivity contribution in [3.63, 3.8) is 0 Å². The summed E-state index contributed by atoms with van der Waals surface area (Å²) >= 11 is 0. The van der Waals surface area contributed by atoms with Gasteiger partial charge in [-0.3, -0.25) is 4.79 Å². The van der Waals surface area contributed by atoms with Crippen molar-refractivity contribution in [3.05, 3.63) is 36.4 Å². The number of methoxy groups -OCH3 is 1. The van der Waals surface area contributed by atoms with Gasteiger partial charge in [0.1, 0.15) is 0 Å². The molecular weight excluding hydrogens is 232 g/mol. The van der Waals surface area contributed by atoms with E-state index in [0.29, 0.717) is 24.5 Å². The minimum absolute atomic E-state index is 0.108. The van der Waals surface area contributed by atoms with Crippen LogP contribution in [0.15, 0.2) is 30.9 Å². The van der Waals surface area contributed by atoms with Crippen molar-refractivity contribution >= 4 is 5.97 Å². The molecule has 4 heteroatoms. The van der Waals surface area contributed by atoms with Gasteiger partial charge in [-0.15, -0.1) is 6.58 Å². The average Bonchev–Trinajstić information content (AvgIpc) is 2.35. The van der Waals surface area contributed by atoms with Crippen molar-refractivity contribution in [1.82, 2.24) is 0 Å². The van der Waals surface area contributed by atoms with Gasteiger partial charge < -0.3 is 14.6 Å². The average molecular weight is 250 g/mol. The predicted octanol–water partition coefficient (Wildman–Crippen LogP) is 2.67. The standard InChI is InChI=1S/C14H18O4/c1-3-5-11-7-8-12(13(10-11)17-2)18-9-4-6-14(15)16/h3,7-8,10H,1,4-6,9H2,2H3,(H,15,16). The molecule has 0 aliphatic carbocycles. The Morgan fingerprint density at radius 3 is 2.83 bits per heavy atom. The minimum atomic E-state index is -0.813. The van der Waals surface area contributed by atoms with E-state index in [9.17, 15) is 4.79 Å². The van der Waals surface area contributed by atoms with Gasteiger partial charge in [0.05, 0.1) is 13.7 Å². The summed E-state index contributed by atoms with van der Waals surface area (Å²) in [5.41, 5.74) is 1.10. The molecule has 1 aromatic rings. The lowest BCUT2D eigenvalue weighted by atomic mass is 10.1. The summed E-state index contributed by atoms with van der Waals surface area (Å²) in [6.07, 6.45) is 3.18. The van der Waals surface area contributed by atoms with Crippen molar-refractivity contribution in [3.8, 4) is 11.5 Å². The highest BCUT2D eigenvalue weighted by Crippen LogP contribution is 2.28. The first-order chi connectivity index (χ1) is 8.67. The molecule has 0 saturated carbocycles. The number of carboxylic acids is 1. The molecule has 0 atom stereocenters. The number of ether oxygens (including phenoxy) is 2. The molecule has 0 saturated heterocycles. The van der Waals surface area contributed by atoms with Crippen LogP contribution in [0.5, 0.6) is 11.5 Å². The minimum Gasteiger partial charge on any atom is -0.493 e. The molecule has 0 fully saturated rings. The smallest absolute Gasteiger partial charge is 0.303 e. The zero-order valence-electron chi connectivity index (χ0n) is 10.5. The van der Waals surface area contributed by atoms with Crippen molar-refractivity contribution < 1.29 is 19.4 Å². The Morgan fingerprint density at radius 1 is 1.44 bits per heavy atom. The van der Waals surface area contributed by atoms with Gasteiger partial charge in [-0.2, -0.15) is 0 Å². The third kappa shape index (κ3) is 4.49. The van der Waals surface area contributed by atoms with E-state index in [-0.39, 0.29) is 6.42 Å². The lowest BCUT2D eigenvalue weighted by Crippen LogP contribution is -2.03. The zero-order chi connectivity index (χ0) is 13.4. The first-order valence-electron chi connectivity index (χ1n) is 5.79. The Morgan fingerprint density at radius 2 is 2.22 bits per heavy atom. The fourth-order valence-corrected chi connectivity index (χ4v) is 1.53. The van der Waals surface area contributed by atoms with Crippen LogP contribution >= 0.6 is 0 Å². The lowest BCUT2D eigenvalue weighted by molar-refractivity contribution is -0.137. The number of hydrogen-bond acceptors (Lipinski definition) is 3. The second kappa shape index (κ2) is 7.37. The normalized spacial score (nSPS) is 9.83. The van der Waals surface area contributed by atoms with Crippen LogP contribution in [0.4, 0.5) is 0 Å². The molecule has 0 unspecified atom stereocenters. The molecule has 4 nitrogen and oxygen atoms in total. The topological polar surface area (TPSA) is 55.8 Å². The fraction of sp³-hybridized carbons (Fsp3) is 0.357. The summed E-state index contributed by atoms with van der Waals surface area (Å²) in [7, 11) is 1.58. The number of rotatable bonds is 8. The maximum atomic E-state index is 10.4. The third-order valence-electron chi connectivity index (χ3n) is 2.40. The van der Waals surface area contributed by atoms with Gasteiger partial charge in [-0.05, 0) is 30.5 Å². The Labute approximate surface area is 107 Å². The Hall–Kier alpha value is -1.97. The molecule has 0 aliphatic rings. The molecular formula is C14H18O4. The van der Waals surface area contributed by atoms with E-state index in [1.54, 1.807) is 7.11 Å². The van der Waals surface area contributed by atoms with E-state index in [1.807, 2.05) is 24.3 Å². The highest BCUT2D eigenvalue weighted by atomic mass is 16.5. The molecule has 1 rings (SSSR count). The van der Waals surface area contributed by atoms with Crippen molar-refractivity contribution in [2.45, 2.75) is 19.3 Å². The van der Waals surface area contributed by atoms with Gasteiger partial charge in [0.2, 0.25) is 0 Å². The third-order valence-corrected chi connectivity index (χ3v) is 2.40. The molecule has 98 valence electrons. The van der Waals surface area contributed by atoms with Crippen LogP contribution in [0.1, 0.15) is 18.4 Å². The van der Waals surface area contributed by atoms with Gasteiger partial charge in [-0.1, -0.05) is 12.1 Å². The molecule has 18 heavy (non-hydrogen) atoms. The molecule has 0 spiro atoms. The zero-order valence-corrected chi connectivity index (χ0v) is 10.5. The fourth-order valence-electron chi connectivity index (χ4n) is 1.53. The van der Waals surface area contributed by atoms with E-state index in [1.165, 1.54) is 0 Å². The molecule has 0 radical (unpaired) electrons. The van der Waals surface area contributed by atoms with Gasteiger partial charge >= 0.3 is 5.97 Å². The van der Waals surface area contributed by atoms with Gasteiger partial charge in [0, 0.05) is 6.42 Å². The SMILES string of the molecule is C=CCc1ccc(OCCCC(=O)O)c(OC)c1. The molecule has 1 N–H and O–H groups in total. The molecule has 0 amide bonds. The van der Waals surface area contributed by atoms with Gasteiger partial charge in [0.25, 0.3) is 0 Å². The summed E-state index contributed by atoms with van der Waals surface area (Å²) < 4.78 is 10.7. The number of benzene rings is 1. The first-order valence-corrected chi connectivity index (χ1v) is 5.79. The number of carboxylic acid groups (broad SMARTS) is 1. The number of allylic oxidation sites excluding steroid dienone is 1. The van der Waals surface area contributed by atoms with Gasteiger partial charge in [0.15, 0.2) is 11.5 Å². The van der Waals surface area contributed by atoms with Crippen LogP contribution in [-0.4, -0.2) is 24.8 Å². The van der Waals surface area contributed by atoms with E-state index < -0.39 is 5.97 Å². The van der Waals surface area contributed by atoms with Crippen LogP contribution in [0, 0.1) is 0 Å². The highest BCUT2D eigenvalue weighted by Gasteiger charge is 2.05. The maximum Gasteiger partial charge on any atom is 0.303 e. The predicted molar refractivity (Wildman–Crippen MR) is 69.3 cm³/mol. The van der Waals surface area contributed by atoms with Crippen LogP contribution in [-0.2, 0) is 11.2 Å². The highest BCUT2D eigenvalue weighted by molar-refractivity contribution is 5.66. The number of carbonyl (C=O) groups is 1. The Kier molecular flexibility index (Phi) is 5.77. The second-order valence-corrected chi connectivity index (χ2v) is 3.82. The van der Waals surface area contributed by atoms with Crippen molar-refractivity contribution in [2.75, 3.05) is 13.7 Å². The van der Waals surface area contributed by atoms with Crippen molar-refractivity contribution in [1.29, 1.82) is 0 Å². The van der Waals surface area contributed by atoms with E-state index in [0.717, 1.165) is 12.0 Å². The summed E-state index contributed by atoms with van der Waals surface area (Å²) in [6, 6.07) is 5.67. The van der Waals surface area contributed by atoms with E-state index in [2.05, 4.69) is 6.58 Å². The van der Waals surface area contributed by atoms with Crippen LogP contribution in [0.2, 0.25) is 0 Å². The molecule has 0 aliphatic heterocycles. The van der Waals surface area contributed by atoms with E-state index in [4.69, 9.17) is 14.6 Å². The van der Waals surface area contributed by atoms with Crippen LogP contribution < -0.4 is 9.47 Å². The molecule has 0 heterocycles. The Bertz CT molecular complexity index is 412. The van der Waals surface area contributed by atoms with E-state index >= 15 is 0 Å².